The first-order valence-electron chi connectivity index (χ1n) is 3.06. The monoisotopic (exact) mass is 491 g/mol. The normalized spacial score (nSPS) is 14.0. The van der Waals surface area contributed by atoms with Crippen LogP contribution in [0.2, 0.25) is 0 Å². The summed E-state index contributed by atoms with van der Waals surface area (Å²) in [7, 11) is -4.13. The third-order valence-corrected chi connectivity index (χ3v) is 2.96. The Morgan fingerprint density at radius 3 is 2.07 bits per heavy atom. The van der Waals surface area contributed by atoms with Gasteiger partial charge in [0.25, 0.3) is 0 Å². The van der Waals surface area contributed by atoms with Crippen LogP contribution in [0.5, 0.6) is 0 Å². The van der Waals surface area contributed by atoms with E-state index in [1.807, 2.05) is 0 Å². The maximum absolute atomic E-state index is 10.1. The Hall–Kier alpha value is 4.56. The van der Waals surface area contributed by atoms with Crippen molar-refractivity contribution in [2.75, 3.05) is 5.75 Å². The van der Waals surface area contributed by atoms with Gasteiger partial charge in [0.2, 0.25) is 0 Å². The van der Waals surface area contributed by atoms with Crippen molar-refractivity contribution in [3.05, 3.63) is 0 Å². The molecule has 0 aliphatic rings. The quantitative estimate of drug-likeness (QED) is 0.183. The second kappa shape index (κ2) is 14.0. The average molecular weight is 492 g/mol. The molecule has 0 spiro atoms. The maximum atomic E-state index is 10.1. The molecule has 0 bridgehead atoms. The average Bonchev–Trinajstić information content (AvgIpc) is 1.80. The van der Waals surface area contributed by atoms with Gasteiger partial charge in [-0.1, -0.05) is 6.92 Å². The number of hydrogen-bond donors (Lipinski definition) is 0. The molecule has 0 fully saturated rings. The van der Waals surface area contributed by atoms with Crippen LogP contribution >= 0.6 is 11.6 Å². The first-order valence-corrected chi connectivity index (χ1v) is 5.55. The van der Waals surface area contributed by atoms with Gasteiger partial charge in [-0.2, -0.15) is 5.25 Å². The smallest absolute Gasteiger partial charge is 0.788 e. The van der Waals surface area contributed by atoms with Gasteiger partial charge in [0.1, 0.15) is 0 Å². The second-order valence-corrected chi connectivity index (χ2v) is 5.10. The van der Waals surface area contributed by atoms with Gasteiger partial charge >= 0.3 is 73.8 Å². The maximum Gasteiger partial charge on any atom is 1.00 e. The van der Waals surface area contributed by atoms with Crippen molar-refractivity contribution < 1.29 is 86.7 Å². The van der Waals surface area contributed by atoms with Crippen LogP contribution in [0.25, 0.3) is 0 Å². The van der Waals surface area contributed by atoms with Gasteiger partial charge in [-0.3, -0.25) is 0 Å². The van der Waals surface area contributed by atoms with Crippen molar-refractivity contribution in [3.63, 3.8) is 0 Å². The largest absolute Gasteiger partial charge is 1.00 e. The molecule has 0 aromatic rings. The fraction of sp³-hybridized carbons (Fsp3) is 1.00. The van der Waals surface area contributed by atoms with Crippen molar-refractivity contribution in [2.24, 2.45) is 0 Å². The van der Waals surface area contributed by atoms with E-state index in [-0.39, 0.29) is 137 Å². The molecule has 0 saturated heterocycles. The zero-order chi connectivity index (χ0) is 9.07. The Balaban J connectivity index is -0.000000167. The number of halogens is 1. The van der Waals surface area contributed by atoms with E-state index in [1.165, 1.54) is 0 Å². The van der Waals surface area contributed by atoms with E-state index in [4.69, 9.17) is 24.2 Å². The van der Waals surface area contributed by atoms with Crippen molar-refractivity contribution >= 4 is 85.7 Å². The fourth-order valence-corrected chi connectivity index (χ4v) is 1.41. The first-order chi connectivity index (χ1) is 4.83. The Morgan fingerprint density at radius 2 is 1.86 bits per heavy atom. The minimum Gasteiger partial charge on any atom is -0.788 e. The molecule has 0 amide bonds. The van der Waals surface area contributed by atoms with Gasteiger partial charge < -0.3 is 17.2 Å². The van der Waals surface area contributed by atoms with Crippen LogP contribution in [0.1, 0.15) is 13.3 Å². The molecule has 0 aliphatic carbocycles. The molecule has 0 rings (SSSR count). The van der Waals surface area contributed by atoms with Gasteiger partial charge in [-0.25, -0.2) is 8.42 Å². The molecule has 2 atom stereocenters. The van der Waals surface area contributed by atoms with E-state index in [2.05, 4.69) is 0 Å². The molecule has 0 aromatic heterocycles. The van der Waals surface area contributed by atoms with Crippen molar-refractivity contribution in [1.82, 2.24) is 0 Å². The van der Waals surface area contributed by atoms with E-state index in [0.717, 1.165) is 0 Å². The summed E-state index contributed by atoms with van der Waals surface area (Å²) in [6, 6.07) is 0. The standard InChI is InChI=1S/C5H11ClO3S2.Au.2K/c1-4(10)5(6)2-3-11(7,8)9;;;/h4-5,10H,2-3H2,1H3,(H,7,8,9);;;/q;+1;;+1/p-2. The summed E-state index contributed by atoms with van der Waals surface area (Å²) in [5.74, 6) is -0.428. The summed E-state index contributed by atoms with van der Waals surface area (Å²) in [6.45, 7) is 1.70. The zero-order valence-corrected chi connectivity index (χ0v) is 19.1. The van der Waals surface area contributed by atoms with Gasteiger partial charge in [-0.05, 0) is 6.42 Å². The molecule has 3 nitrogen and oxygen atoms in total. The second-order valence-electron chi connectivity index (χ2n) is 2.27. The Morgan fingerprint density at radius 1 is 1.50 bits per heavy atom. The van der Waals surface area contributed by atoms with E-state index in [9.17, 15) is 13.0 Å². The van der Waals surface area contributed by atoms with Crippen LogP contribution < -0.4 is 51.4 Å². The van der Waals surface area contributed by atoms with Gasteiger partial charge in [0, 0.05) is 62.5 Å². The summed E-state index contributed by atoms with van der Waals surface area (Å²) in [6.07, 6.45) is 0.137. The van der Waals surface area contributed by atoms with Crippen LogP contribution in [-0.4, -0.2) is 80.7 Å². The molecule has 79 valence electrons. The predicted octanol–water partition coefficient (Wildman–Crippen LogP) is -2.91. The predicted molar refractivity (Wildman–Crippen MR) is 51.4 cm³/mol. The summed E-state index contributed by atoms with van der Waals surface area (Å²) >= 11 is 10.4. The molecule has 1 radical (unpaired) electrons. The van der Waals surface area contributed by atoms with Crippen LogP contribution in [-0.2, 0) is 45.1 Å². The van der Waals surface area contributed by atoms with Crippen molar-refractivity contribution in [2.45, 2.75) is 24.0 Å². The fourth-order valence-electron chi connectivity index (χ4n) is 0.492. The first kappa shape index (κ1) is 27.0. The molecule has 9 heteroatoms. The zero-order valence-electron chi connectivity index (χ0n) is 8.29. The molecular weight excluding hydrogens is 483 g/mol. The Bertz CT molecular complexity index is 213. The minimum atomic E-state index is -4.13. The minimum absolute atomic E-state index is 0. The molecule has 0 heterocycles. The molecule has 2 unspecified atom stereocenters. The summed E-state index contributed by atoms with van der Waals surface area (Å²) in [5, 5.41) is -0.618. The van der Waals surface area contributed by atoms with E-state index in [1.54, 1.807) is 6.92 Å². The van der Waals surface area contributed by atoms with Crippen molar-refractivity contribution in [3.8, 4) is 0 Å². The van der Waals surface area contributed by atoms with Crippen LogP contribution in [0.3, 0.4) is 0 Å². The summed E-state index contributed by atoms with van der Waals surface area (Å²) in [5.41, 5.74) is 0. The molecule has 0 N–H and O–H groups in total. The van der Waals surface area contributed by atoms with E-state index in [0.29, 0.717) is 0 Å². The van der Waals surface area contributed by atoms with Gasteiger partial charge in [0.05, 0.1) is 10.1 Å². The topological polar surface area (TPSA) is 57.2 Å². The summed E-state index contributed by atoms with van der Waals surface area (Å²) < 4.78 is 30.3. The number of hydrogen-bond acceptors (Lipinski definition) is 4. The van der Waals surface area contributed by atoms with Gasteiger partial charge in [0.15, 0.2) is 0 Å². The van der Waals surface area contributed by atoms with Crippen LogP contribution in [0.15, 0.2) is 0 Å². The van der Waals surface area contributed by atoms with Crippen LogP contribution in [0.4, 0.5) is 0 Å². The Kier molecular flexibility index (Phi) is 27.0. The molecular formula is C5H9AuClK2O3S2. The molecule has 0 aromatic carbocycles. The van der Waals surface area contributed by atoms with Crippen LogP contribution in [0, 0.1) is 0 Å². The van der Waals surface area contributed by atoms with E-state index < -0.39 is 21.2 Å². The number of alkyl halides is 1. The third kappa shape index (κ3) is 18.9. The molecule has 14 heavy (non-hydrogen) atoms. The van der Waals surface area contributed by atoms with E-state index >= 15 is 0 Å². The van der Waals surface area contributed by atoms with Gasteiger partial charge in [-0.15, -0.1) is 11.6 Å². The number of rotatable bonds is 4. The molecule has 0 saturated carbocycles. The summed E-state index contributed by atoms with van der Waals surface area (Å²) in [4.78, 5) is 0. The molecule has 0 aliphatic heterocycles. The Labute approximate surface area is 197 Å². The van der Waals surface area contributed by atoms with Crippen molar-refractivity contribution in [1.29, 1.82) is 0 Å². The third-order valence-electron chi connectivity index (χ3n) is 1.15. The SMILES string of the molecule is CC([S-])C(Cl)CCS(=O)(=O)[O-].[Au+].[K+].[K].